The van der Waals surface area contributed by atoms with Crippen LogP contribution < -0.4 is 10.1 Å². The lowest BCUT2D eigenvalue weighted by atomic mass is 9.97. The predicted molar refractivity (Wildman–Crippen MR) is 173 cm³/mol. The Morgan fingerprint density at radius 2 is 1.50 bits per heavy atom. The molecule has 3 aromatic rings. The lowest BCUT2D eigenvalue weighted by Crippen LogP contribution is -2.53. The van der Waals surface area contributed by atoms with E-state index in [0.717, 1.165) is 42.2 Å². The van der Waals surface area contributed by atoms with E-state index < -0.39 is 28.5 Å². The van der Waals surface area contributed by atoms with Gasteiger partial charge in [0.1, 0.15) is 11.8 Å². The number of nitrogens with zero attached hydrogens (tertiary/aromatic N) is 2. The average Bonchev–Trinajstić information content (AvgIpc) is 3.03. The quantitative estimate of drug-likeness (QED) is 0.240. The third kappa shape index (κ3) is 10.1. The van der Waals surface area contributed by atoms with E-state index in [-0.39, 0.29) is 25.4 Å². The summed E-state index contributed by atoms with van der Waals surface area (Å²) >= 11 is 0. The summed E-state index contributed by atoms with van der Waals surface area (Å²) in [5.74, 6) is -0.0392. The molecule has 1 unspecified atom stereocenters. The fourth-order valence-electron chi connectivity index (χ4n) is 5.40. The van der Waals surface area contributed by atoms with E-state index in [1.807, 2.05) is 72.8 Å². The molecule has 0 saturated heterocycles. The topological polar surface area (TPSA) is 96.0 Å². The van der Waals surface area contributed by atoms with Gasteiger partial charge in [-0.1, -0.05) is 84.4 Å². The number of methoxy groups -OCH3 is 1. The maximum Gasteiger partial charge on any atom is 0.243 e. The number of carbonyl (C=O) groups excluding carboxylic acids is 2. The smallest absolute Gasteiger partial charge is 0.243 e. The zero-order valence-electron chi connectivity index (χ0n) is 25.7. The van der Waals surface area contributed by atoms with Crippen LogP contribution in [0.2, 0.25) is 0 Å². The SMILES string of the molecule is COc1ccc(CN(C(=O)CN(Cc2ccccc2)S(C)(=O)=O)C(Cc2ccccc2)C(=O)NCCC2=CCCCC2)cc1. The summed E-state index contributed by atoms with van der Waals surface area (Å²) in [5.41, 5.74) is 3.82. The van der Waals surface area contributed by atoms with Crippen LogP contribution in [0.15, 0.2) is 96.6 Å². The molecule has 0 bridgehead atoms. The molecule has 9 heteroatoms. The average molecular weight is 618 g/mol. The number of sulfonamides is 1. The molecule has 1 atom stereocenters. The number of ether oxygens (including phenoxy) is 1. The van der Waals surface area contributed by atoms with E-state index in [1.165, 1.54) is 27.6 Å². The first-order valence-corrected chi connectivity index (χ1v) is 17.0. The third-order valence-corrected chi connectivity index (χ3v) is 9.09. The van der Waals surface area contributed by atoms with Gasteiger partial charge in [0, 0.05) is 26.1 Å². The van der Waals surface area contributed by atoms with Gasteiger partial charge in [-0.05, 0) is 60.9 Å². The van der Waals surface area contributed by atoms with Gasteiger partial charge in [-0.3, -0.25) is 9.59 Å². The van der Waals surface area contributed by atoms with E-state index in [4.69, 9.17) is 4.74 Å². The van der Waals surface area contributed by atoms with E-state index in [0.29, 0.717) is 12.3 Å². The zero-order chi connectivity index (χ0) is 31.4. The Labute approximate surface area is 261 Å². The molecule has 8 nitrogen and oxygen atoms in total. The number of allylic oxidation sites excluding steroid dienone is 1. The van der Waals surface area contributed by atoms with Crippen molar-refractivity contribution < 1.29 is 22.7 Å². The van der Waals surface area contributed by atoms with Crippen molar-refractivity contribution in [3.8, 4) is 5.75 Å². The Bertz CT molecular complexity index is 1490. The maximum atomic E-state index is 14.2. The summed E-state index contributed by atoms with van der Waals surface area (Å²) in [7, 11) is -2.16. The van der Waals surface area contributed by atoms with Crippen LogP contribution in [0.3, 0.4) is 0 Å². The van der Waals surface area contributed by atoms with Crippen molar-refractivity contribution >= 4 is 21.8 Å². The molecule has 0 spiro atoms. The van der Waals surface area contributed by atoms with Gasteiger partial charge in [0.25, 0.3) is 0 Å². The van der Waals surface area contributed by atoms with Gasteiger partial charge in [-0.15, -0.1) is 0 Å². The summed E-state index contributed by atoms with van der Waals surface area (Å²) in [6, 6.07) is 25.2. The minimum Gasteiger partial charge on any atom is -0.497 e. The molecular weight excluding hydrogens is 574 g/mol. The molecule has 1 aliphatic carbocycles. The largest absolute Gasteiger partial charge is 0.497 e. The lowest BCUT2D eigenvalue weighted by molar-refractivity contribution is -0.141. The molecule has 3 aromatic carbocycles. The van der Waals surface area contributed by atoms with Crippen LogP contribution in [0.1, 0.15) is 48.8 Å². The molecule has 0 aliphatic heterocycles. The normalized spacial score (nSPS) is 14.0. The Balaban J connectivity index is 1.63. The molecule has 234 valence electrons. The number of rotatable bonds is 15. The second-order valence-corrected chi connectivity index (χ2v) is 13.2. The van der Waals surface area contributed by atoms with E-state index in [2.05, 4.69) is 11.4 Å². The Hall–Kier alpha value is -3.95. The summed E-state index contributed by atoms with van der Waals surface area (Å²) in [4.78, 5) is 29.6. The first-order chi connectivity index (χ1) is 21.2. The summed E-state index contributed by atoms with van der Waals surface area (Å²) in [6.07, 6.45) is 8.92. The monoisotopic (exact) mass is 617 g/mol. The Morgan fingerprint density at radius 3 is 2.09 bits per heavy atom. The highest BCUT2D eigenvalue weighted by Gasteiger charge is 2.33. The molecule has 0 saturated carbocycles. The van der Waals surface area contributed by atoms with E-state index in [9.17, 15) is 18.0 Å². The molecule has 0 heterocycles. The number of hydrogen-bond donors (Lipinski definition) is 1. The van der Waals surface area contributed by atoms with Gasteiger partial charge in [-0.2, -0.15) is 4.31 Å². The van der Waals surface area contributed by atoms with Crippen molar-refractivity contribution in [2.75, 3.05) is 26.5 Å². The first kappa shape index (κ1) is 33.0. The predicted octanol–water partition coefficient (Wildman–Crippen LogP) is 5.10. The van der Waals surface area contributed by atoms with Crippen molar-refractivity contribution in [1.82, 2.24) is 14.5 Å². The minimum atomic E-state index is -3.74. The number of carbonyl (C=O) groups is 2. The molecule has 2 amide bonds. The van der Waals surface area contributed by atoms with Crippen LogP contribution in [0.5, 0.6) is 5.75 Å². The van der Waals surface area contributed by atoms with Crippen molar-refractivity contribution in [3.63, 3.8) is 0 Å². The highest BCUT2D eigenvalue weighted by molar-refractivity contribution is 7.88. The van der Waals surface area contributed by atoms with E-state index in [1.54, 1.807) is 19.2 Å². The highest BCUT2D eigenvalue weighted by atomic mass is 32.2. The van der Waals surface area contributed by atoms with Crippen molar-refractivity contribution in [2.45, 2.75) is 57.7 Å². The molecule has 1 N–H and O–H groups in total. The second-order valence-electron chi connectivity index (χ2n) is 11.2. The fraction of sp³-hybridized carbons (Fsp3) is 0.371. The minimum absolute atomic E-state index is 0.0481. The van der Waals surface area contributed by atoms with Crippen LogP contribution in [0, 0.1) is 0 Å². The van der Waals surface area contributed by atoms with Gasteiger partial charge < -0.3 is 15.0 Å². The van der Waals surface area contributed by atoms with E-state index >= 15 is 0 Å². The molecule has 0 radical (unpaired) electrons. The molecular formula is C35H43N3O5S. The molecule has 0 fully saturated rings. The summed E-state index contributed by atoms with van der Waals surface area (Å²) in [6.45, 7) is 0.258. The van der Waals surface area contributed by atoms with Crippen LogP contribution in [-0.2, 0) is 39.1 Å². The summed E-state index contributed by atoms with van der Waals surface area (Å²) < 4.78 is 32.2. The van der Waals surface area contributed by atoms with Crippen LogP contribution in [-0.4, -0.2) is 61.9 Å². The van der Waals surface area contributed by atoms with Gasteiger partial charge in [0.05, 0.1) is 19.9 Å². The molecule has 0 aromatic heterocycles. The number of amides is 2. The first-order valence-electron chi connectivity index (χ1n) is 15.1. The van der Waals surface area contributed by atoms with Gasteiger partial charge >= 0.3 is 0 Å². The van der Waals surface area contributed by atoms with Crippen molar-refractivity contribution in [2.24, 2.45) is 0 Å². The van der Waals surface area contributed by atoms with Gasteiger partial charge in [0.15, 0.2) is 0 Å². The number of hydrogen-bond acceptors (Lipinski definition) is 5. The Morgan fingerprint density at radius 1 is 0.864 bits per heavy atom. The van der Waals surface area contributed by atoms with Gasteiger partial charge in [0.2, 0.25) is 21.8 Å². The molecule has 4 rings (SSSR count). The third-order valence-electron chi connectivity index (χ3n) is 7.90. The Kier molecular flexibility index (Phi) is 12.1. The number of nitrogens with one attached hydrogen (secondary N) is 1. The maximum absolute atomic E-state index is 14.2. The summed E-state index contributed by atoms with van der Waals surface area (Å²) in [5, 5.41) is 3.09. The van der Waals surface area contributed by atoms with Gasteiger partial charge in [-0.25, -0.2) is 8.42 Å². The second kappa shape index (κ2) is 16.2. The van der Waals surface area contributed by atoms with Crippen molar-refractivity contribution in [1.29, 1.82) is 0 Å². The number of benzene rings is 3. The lowest BCUT2D eigenvalue weighted by Gasteiger charge is -2.33. The molecule has 1 aliphatic rings. The standard InChI is InChI=1S/C35H43N3O5S/c1-43-32-20-18-31(19-21-32)26-38(34(39)27-37(44(2,41)42)25-30-16-10-5-11-17-30)33(24-29-14-8-4-9-15-29)35(40)36-23-22-28-12-6-3-7-13-28/h4-5,8-12,14-21,33H,3,6-7,13,22-27H2,1-2H3,(H,36,40). The fourth-order valence-corrected chi connectivity index (χ4v) is 6.13. The van der Waals surface area contributed by atoms with Crippen molar-refractivity contribution in [3.05, 3.63) is 113 Å². The van der Waals surface area contributed by atoms with Crippen LogP contribution >= 0.6 is 0 Å². The van der Waals surface area contributed by atoms with Crippen LogP contribution in [0.4, 0.5) is 0 Å². The molecule has 44 heavy (non-hydrogen) atoms. The van der Waals surface area contributed by atoms with Crippen LogP contribution in [0.25, 0.3) is 0 Å². The zero-order valence-corrected chi connectivity index (χ0v) is 26.5. The highest BCUT2D eigenvalue weighted by Crippen LogP contribution is 2.21.